The molecule has 15 heavy (non-hydrogen) atoms. The SMILES string of the molecule is Nc1ncc(C(F)(F)F)cc1S(=O)(=O)Cl. The lowest BCUT2D eigenvalue weighted by Gasteiger charge is -2.08. The Morgan fingerprint density at radius 3 is 2.33 bits per heavy atom. The van der Waals surface area contributed by atoms with Gasteiger partial charge in [0.1, 0.15) is 10.7 Å². The molecule has 1 aromatic rings. The minimum atomic E-state index is -4.70. The fourth-order valence-electron chi connectivity index (χ4n) is 0.805. The number of nitrogens with two attached hydrogens (primary N) is 1. The Labute approximate surface area is 87.3 Å². The van der Waals surface area contributed by atoms with Gasteiger partial charge in [0.05, 0.1) is 5.56 Å². The largest absolute Gasteiger partial charge is 0.417 e. The highest BCUT2D eigenvalue weighted by molar-refractivity contribution is 8.13. The van der Waals surface area contributed by atoms with E-state index in [-0.39, 0.29) is 0 Å². The van der Waals surface area contributed by atoms with Crippen molar-refractivity contribution in [3.63, 3.8) is 0 Å². The van der Waals surface area contributed by atoms with Crippen molar-refractivity contribution in [3.05, 3.63) is 17.8 Å². The molecule has 0 saturated carbocycles. The van der Waals surface area contributed by atoms with E-state index >= 15 is 0 Å². The Hall–Kier alpha value is -1.02. The van der Waals surface area contributed by atoms with Gasteiger partial charge in [-0.15, -0.1) is 0 Å². The molecule has 4 nitrogen and oxygen atoms in total. The highest BCUT2D eigenvalue weighted by atomic mass is 35.7. The number of pyridine rings is 1. The van der Waals surface area contributed by atoms with Gasteiger partial charge in [-0.1, -0.05) is 0 Å². The van der Waals surface area contributed by atoms with E-state index < -0.39 is 31.5 Å². The predicted octanol–water partition coefficient (Wildman–Crippen LogP) is 1.61. The molecule has 0 atom stereocenters. The molecule has 1 heterocycles. The third kappa shape index (κ3) is 2.72. The number of nitrogens with zero attached hydrogens (tertiary/aromatic N) is 1. The van der Waals surface area contributed by atoms with Crippen molar-refractivity contribution in [2.75, 3.05) is 5.73 Å². The Kier molecular flexibility index (Phi) is 2.83. The maximum Gasteiger partial charge on any atom is 0.417 e. The standard InChI is InChI=1S/C6H4ClF3N2O2S/c7-15(13,14)4-1-3(6(8,9)10)2-12-5(4)11/h1-2H,(H2,11,12). The summed E-state index contributed by atoms with van der Waals surface area (Å²) in [4.78, 5) is 2.26. The second-order valence-electron chi connectivity index (χ2n) is 2.54. The highest BCUT2D eigenvalue weighted by Gasteiger charge is 2.33. The minimum absolute atomic E-state index is 0.338. The number of halogens is 4. The van der Waals surface area contributed by atoms with Gasteiger partial charge in [-0.05, 0) is 6.07 Å². The Morgan fingerprint density at radius 1 is 1.40 bits per heavy atom. The first-order valence-electron chi connectivity index (χ1n) is 3.40. The van der Waals surface area contributed by atoms with Crippen LogP contribution in [0.3, 0.4) is 0 Å². The van der Waals surface area contributed by atoms with Crippen LogP contribution in [0.2, 0.25) is 0 Å². The molecule has 0 aromatic carbocycles. The number of alkyl halides is 3. The van der Waals surface area contributed by atoms with Crippen molar-refractivity contribution in [2.45, 2.75) is 11.1 Å². The Bertz CT molecular complexity index is 486. The number of hydrogen-bond donors (Lipinski definition) is 1. The van der Waals surface area contributed by atoms with Crippen LogP contribution in [0.4, 0.5) is 19.0 Å². The Balaban J connectivity index is 3.43. The fourth-order valence-corrected chi connectivity index (χ4v) is 1.75. The monoisotopic (exact) mass is 260 g/mol. The van der Waals surface area contributed by atoms with Crippen LogP contribution in [0, 0.1) is 0 Å². The lowest BCUT2D eigenvalue weighted by Crippen LogP contribution is -2.09. The number of rotatable bonds is 1. The van der Waals surface area contributed by atoms with E-state index in [1.165, 1.54) is 0 Å². The maximum absolute atomic E-state index is 12.2. The number of hydrogen-bond acceptors (Lipinski definition) is 4. The average Bonchev–Trinajstić information content (AvgIpc) is 2.00. The van der Waals surface area contributed by atoms with Gasteiger partial charge in [-0.2, -0.15) is 13.2 Å². The smallest absolute Gasteiger partial charge is 0.383 e. The molecule has 0 aliphatic rings. The van der Waals surface area contributed by atoms with Crippen molar-refractivity contribution in [1.82, 2.24) is 4.98 Å². The van der Waals surface area contributed by atoms with Gasteiger partial charge in [-0.3, -0.25) is 0 Å². The number of anilines is 1. The zero-order valence-corrected chi connectivity index (χ0v) is 8.49. The van der Waals surface area contributed by atoms with E-state index in [9.17, 15) is 21.6 Å². The van der Waals surface area contributed by atoms with E-state index in [0.717, 1.165) is 0 Å². The quantitative estimate of drug-likeness (QED) is 0.779. The second-order valence-corrected chi connectivity index (χ2v) is 5.08. The van der Waals surface area contributed by atoms with Crippen LogP contribution in [0.25, 0.3) is 0 Å². The summed E-state index contributed by atoms with van der Waals surface area (Å²) in [6.07, 6.45) is -4.27. The first kappa shape index (κ1) is 12.1. The highest BCUT2D eigenvalue weighted by Crippen LogP contribution is 2.32. The summed E-state index contributed by atoms with van der Waals surface area (Å²) in [6.45, 7) is 0. The van der Waals surface area contributed by atoms with Crippen LogP contribution < -0.4 is 5.73 Å². The lowest BCUT2D eigenvalue weighted by atomic mass is 10.3. The van der Waals surface area contributed by atoms with Crippen LogP contribution in [-0.2, 0) is 15.2 Å². The van der Waals surface area contributed by atoms with Crippen LogP contribution in [0.15, 0.2) is 17.2 Å². The molecule has 2 N–H and O–H groups in total. The van der Waals surface area contributed by atoms with Gasteiger partial charge in [0.2, 0.25) is 0 Å². The van der Waals surface area contributed by atoms with Crippen LogP contribution >= 0.6 is 10.7 Å². The van der Waals surface area contributed by atoms with Gasteiger partial charge < -0.3 is 5.73 Å². The first-order chi connectivity index (χ1) is 6.62. The van der Waals surface area contributed by atoms with Gasteiger partial charge in [-0.25, -0.2) is 13.4 Å². The first-order valence-corrected chi connectivity index (χ1v) is 5.70. The summed E-state index contributed by atoms with van der Waals surface area (Å²) in [5.41, 5.74) is 3.85. The fraction of sp³-hybridized carbons (Fsp3) is 0.167. The van der Waals surface area contributed by atoms with Crippen molar-refractivity contribution in [3.8, 4) is 0 Å². The Morgan fingerprint density at radius 2 is 1.93 bits per heavy atom. The number of nitrogen functional groups attached to an aromatic ring is 1. The van der Waals surface area contributed by atoms with Crippen molar-refractivity contribution in [2.24, 2.45) is 0 Å². The van der Waals surface area contributed by atoms with Crippen molar-refractivity contribution in [1.29, 1.82) is 0 Å². The van der Waals surface area contributed by atoms with Crippen molar-refractivity contribution < 1.29 is 21.6 Å². The van der Waals surface area contributed by atoms with E-state index in [1.807, 2.05) is 0 Å². The molecule has 1 rings (SSSR count). The van der Waals surface area contributed by atoms with E-state index in [1.54, 1.807) is 0 Å². The molecule has 0 bridgehead atoms. The van der Waals surface area contributed by atoms with E-state index in [0.29, 0.717) is 12.3 Å². The molecular formula is C6H4ClF3N2O2S. The maximum atomic E-state index is 12.2. The van der Waals surface area contributed by atoms with E-state index in [2.05, 4.69) is 4.98 Å². The molecule has 0 unspecified atom stereocenters. The molecule has 0 aliphatic carbocycles. The molecule has 84 valence electrons. The van der Waals surface area contributed by atoms with Crippen LogP contribution in [-0.4, -0.2) is 13.4 Å². The summed E-state index contributed by atoms with van der Waals surface area (Å²) in [7, 11) is 0.539. The lowest BCUT2D eigenvalue weighted by molar-refractivity contribution is -0.137. The van der Waals surface area contributed by atoms with Gasteiger partial charge >= 0.3 is 6.18 Å². The zero-order chi connectivity index (χ0) is 11.9. The molecule has 0 aliphatic heterocycles. The molecule has 1 aromatic heterocycles. The second kappa shape index (κ2) is 3.53. The molecule has 9 heteroatoms. The topological polar surface area (TPSA) is 73.0 Å². The molecule has 0 spiro atoms. The summed E-state index contributed by atoms with van der Waals surface area (Å²) < 4.78 is 58.1. The van der Waals surface area contributed by atoms with Gasteiger partial charge in [0.25, 0.3) is 9.05 Å². The number of aromatic nitrogens is 1. The molecule has 0 saturated heterocycles. The normalized spacial score (nSPS) is 12.8. The summed E-state index contributed by atoms with van der Waals surface area (Å²) in [6, 6.07) is 0.338. The van der Waals surface area contributed by atoms with Crippen molar-refractivity contribution >= 4 is 25.6 Å². The average molecular weight is 261 g/mol. The van der Waals surface area contributed by atoms with Crippen LogP contribution in [0.5, 0.6) is 0 Å². The molecule has 0 radical (unpaired) electrons. The van der Waals surface area contributed by atoms with Crippen LogP contribution in [0.1, 0.15) is 5.56 Å². The van der Waals surface area contributed by atoms with E-state index in [4.69, 9.17) is 16.4 Å². The third-order valence-corrected chi connectivity index (χ3v) is 2.82. The minimum Gasteiger partial charge on any atom is -0.383 e. The third-order valence-electron chi connectivity index (χ3n) is 1.47. The molecular weight excluding hydrogens is 257 g/mol. The van der Waals surface area contributed by atoms with Gasteiger partial charge in [0.15, 0.2) is 0 Å². The van der Waals surface area contributed by atoms with Gasteiger partial charge in [0, 0.05) is 16.9 Å². The summed E-state index contributed by atoms with van der Waals surface area (Å²) in [5, 5.41) is 0. The predicted molar refractivity (Wildman–Crippen MR) is 46.7 cm³/mol. The summed E-state index contributed by atoms with van der Waals surface area (Å²) in [5.74, 6) is -0.571. The zero-order valence-electron chi connectivity index (χ0n) is 6.92. The molecule has 0 fully saturated rings. The molecule has 0 amide bonds. The summed E-state index contributed by atoms with van der Waals surface area (Å²) >= 11 is 0.